The van der Waals surface area contributed by atoms with Gasteiger partial charge in [0.1, 0.15) is 5.78 Å². The fourth-order valence-corrected chi connectivity index (χ4v) is 2.67. The number of carbonyl (C=O) groups is 1. The molecule has 2 aromatic rings. The van der Waals surface area contributed by atoms with Gasteiger partial charge in [0, 0.05) is 11.6 Å². The van der Waals surface area contributed by atoms with Gasteiger partial charge in [0.15, 0.2) is 0 Å². The molecule has 3 N–H and O–H groups in total. The average molecular weight is 282 g/mol. The number of nitrogens with one attached hydrogen (secondary N) is 1. The van der Waals surface area contributed by atoms with E-state index in [9.17, 15) is 4.79 Å². The van der Waals surface area contributed by atoms with Crippen molar-refractivity contribution >= 4 is 45.8 Å². The van der Waals surface area contributed by atoms with Crippen LogP contribution in [0.25, 0.3) is 10.9 Å². The molecule has 1 aromatic carbocycles. The zero-order valence-electron chi connectivity index (χ0n) is 10.8. The first kappa shape index (κ1) is 15.3. The second-order valence-corrected chi connectivity index (χ2v) is 5.58. The number of ketones is 1. The van der Waals surface area contributed by atoms with Gasteiger partial charge in [0.2, 0.25) is 0 Å². The third-order valence-electron chi connectivity index (χ3n) is 2.34. The number of benzene rings is 1. The van der Waals surface area contributed by atoms with Crippen LogP contribution in [0.5, 0.6) is 0 Å². The first-order valence-corrected chi connectivity index (χ1v) is 6.93. The molecule has 2 rings (SSSR count). The van der Waals surface area contributed by atoms with E-state index in [0.29, 0.717) is 6.54 Å². The van der Waals surface area contributed by atoms with Crippen molar-refractivity contribution in [2.45, 2.75) is 20.3 Å². The van der Waals surface area contributed by atoms with Crippen molar-refractivity contribution in [2.24, 2.45) is 5.73 Å². The fourth-order valence-electron chi connectivity index (χ4n) is 1.70. The molecule has 3 nitrogen and oxygen atoms in total. The minimum atomic E-state index is 0.167. The van der Waals surface area contributed by atoms with E-state index in [4.69, 9.17) is 5.73 Å². The van der Waals surface area contributed by atoms with Gasteiger partial charge in [-0.25, -0.2) is 0 Å². The van der Waals surface area contributed by atoms with Crippen molar-refractivity contribution in [2.75, 3.05) is 6.54 Å². The molecule has 0 amide bonds. The molecular formula is C13H20N2OP2. The summed E-state index contributed by atoms with van der Waals surface area (Å²) in [6.07, 6.45) is 2.98. The summed E-state index contributed by atoms with van der Waals surface area (Å²) in [6.45, 7) is 3.75. The van der Waals surface area contributed by atoms with E-state index < -0.39 is 0 Å². The molecule has 0 spiro atoms. The molecule has 5 heteroatoms. The van der Waals surface area contributed by atoms with Crippen molar-refractivity contribution in [3.63, 3.8) is 0 Å². The average Bonchev–Trinajstić information content (AvgIpc) is 2.61. The fraction of sp³-hybridized carbons (Fsp3) is 0.308. The van der Waals surface area contributed by atoms with E-state index in [1.807, 2.05) is 0 Å². The molecule has 1 aromatic heterocycles. The number of aromatic amines is 1. The summed E-state index contributed by atoms with van der Waals surface area (Å²) in [6, 6.07) is 4.30. The van der Waals surface area contributed by atoms with Crippen molar-refractivity contribution in [3.05, 3.63) is 23.9 Å². The summed E-state index contributed by atoms with van der Waals surface area (Å²) in [7, 11) is 5.48. The predicted molar refractivity (Wildman–Crippen MR) is 86.1 cm³/mol. The highest BCUT2D eigenvalue weighted by molar-refractivity contribution is 7.30. The van der Waals surface area contributed by atoms with Gasteiger partial charge < -0.3 is 15.5 Å². The van der Waals surface area contributed by atoms with Crippen molar-refractivity contribution in [1.82, 2.24) is 4.98 Å². The number of H-pyrrole nitrogens is 1. The summed E-state index contributed by atoms with van der Waals surface area (Å²) in [5.41, 5.74) is 8.06. The maximum Gasteiger partial charge on any atom is 0.126 e. The van der Waals surface area contributed by atoms with Crippen LogP contribution >= 0.6 is 18.5 Å². The van der Waals surface area contributed by atoms with Gasteiger partial charge in [0.25, 0.3) is 0 Å². The number of nitrogens with two attached hydrogens (primary N) is 1. The van der Waals surface area contributed by atoms with Gasteiger partial charge in [0.05, 0.1) is 5.52 Å². The van der Waals surface area contributed by atoms with E-state index in [-0.39, 0.29) is 5.78 Å². The Morgan fingerprint density at radius 2 is 1.94 bits per heavy atom. The van der Waals surface area contributed by atoms with Crippen molar-refractivity contribution < 1.29 is 4.79 Å². The standard InChI is InChI=1S/C10H14N2P2.C3H6O/c11-2-1-6-5-12-10-8(6)3-7(13)4-9(10)14;1-3(2)4/h3-5,12H,1-2,11,13-14H2;1-2H3. The molecular weight excluding hydrogens is 262 g/mol. The molecule has 0 aliphatic carbocycles. The van der Waals surface area contributed by atoms with Crippen LogP contribution in [-0.4, -0.2) is 17.3 Å². The molecule has 0 aliphatic rings. The van der Waals surface area contributed by atoms with Crippen LogP contribution in [0.3, 0.4) is 0 Å². The van der Waals surface area contributed by atoms with E-state index in [1.54, 1.807) is 0 Å². The second kappa shape index (κ2) is 6.99. The topological polar surface area (TPSA) is 58.9 Å². The Morgan fingerprint density at radius 3 is 2.50 bits per heavy atom. The van der Waals surface area contributed by atoms with Crippen LogP contribution in [-0.2, 0) is 11.2 Å². The molecule has 0 saturated carbocycles. The third-order valence-corrected chi connectivity index (χ3v) is 3.13. The highest BCUT2D eigenvalue weighted by atomic mass is 31.0. The number of carbonyl (C=O) groups excluding carboxylic acids is 1. The molecule has 0 aliphatic heterocycles. The number of Topliss-reactive ketones (excluding diaryl/α,β-unsaturated/α-hetero) is 1. The van der Waals surface area contributed by atoms with Crippen LogP contribution in [0.1, 0.15) is 19.4 Å². The zero-order chi connectivity index (χ0) is 13.7. The van der Waals surface area contributed by atoms with Crippen molar-refractivity contribution in [1.29, 1.82) is 0 Å². The number of rotatable bonds is 2. The minimum Gasteiger partial charge on any atom is -0.360 e. The predicted octanol–water partition coefficient (Wildman–Crippen LogP) is 1.27. The van der Waals surface area contributed by atoms with Crippen LogP contribution < -0.4 is 16.3 Å². The smallest absolute Gasteiger partial charge is 0.126 e. The number of aromatic nitrogens is 1. The molecule has 2 atom stereocenters. The lowest BCUT2D eigenvalue weighted by atomic mass is 10.1. The Morgan fingerprint density at radius 1 is 1.33 bits per heavy atom. The maximum absolute atomic E-state index is 9.44. The van der Waals surface area contributed by atoms with Gasteiger partial charge >= 0.3 is 0 Å². The number of hydrogen-bond donors (Lipinski definition) is 2. The van der Waals surface area contributed by atoms with E-state index in [1.165, 1.54) is 40.9 Å². The molecule has 98 valence electrons. The minimum absolute atomic E-state index is 0.167. The SMILES string of the molecule is CC(C)=O.NCCc1c[nH]c2c(P)cc(P)cc12. The summed E-state index contributed by atoms with van der Waals surface area (Å²) >= 11 is 0. The van der Waals surface area contributed by atoms with Crippen LogP contribution in [0.2, 0.25) is 0 Å². The van der Waals surface area contributed by atoms with E-state index >= 15 is 0 Å². The third kappa shape index (κ3) is 4.17. The lowest BCUT2D eigenvalue weighted by Crippen LogP contribution is -2.04. The van der Waals surface area contributed by atoms with Gasteiger partial charge in [-0.15, -0.1) is 18.5 Å². The Labute approximate surface area is 112 Å². The summed E-state index contributed by atoms with van der Waals surface area (Å²) in [5.74, 6) is 0.167. The maximum atomic E-state index is 9.44. The summed E-state index contributed by atoms with van der Waals surface area (Å²) in [5, 5.41) is 3.70. The van der Waals surface area contributed by atoms with Crippen LogP contribution in [0.15, 0.2) is 18.3 Å². The first-order chi connectivity index (χ1) is 8.45. The highest BCUT2D eigenvalue weighted by Gasteiger charge is 2.05. The van der Waals surface area contributed by atoms with Crippen LogP contribution in [0.4, 0.5) is 0 Å². The number of hydrogen-bond acceptors (Lipinski definition) is 2. The summed E-state index contributed by atoms with van der Waals surface area (Å²) in [4.78, 5) is 12.7. The largest absolute Gasteiger partial charge is 0.360 e. The normalized spacial score (nSPS) is 10.1. The lowest BCUT2D eigenvalue weighted by Gasteiger charge is -2.00. The summed E-state index contributed by atoms with van der Waals surface area (Å²) < 4.78 is 0. The molecule has 0 fully saturated rings. The quantitative estimate of drug-likeness (QED) is 0.815. The van der Waals surface area contributed by atoms with Gasteiger partial charge in [-0.05, 0) is 55.1 Å². The Kier molecular flexibility index (Phi) is 5.95. The second-order valence-electron chi connectivity index (χ2n) is 4.29. The zero-order valence-corrected chi connectivity index (χ0v) is 13.1. The molecule has 2 unspecified atom stereocenters. The van der Waals surface area contributed by atoms with E-state index in [2.05, 4.69) is 41.8 Å². The first-order valence-electron chi connectivity index (χ1n) is 5.78. The molecule has 18 heavy (non-hydrogen) atoms. The Bertz CT molecular complexity index is 545. The molecule has 0 saturated heterocycles. The van der Waals surface area contributed by atoms with Crippen LogP contribution in [0, 0.1) is 0 Å². The Hall–Kier alpha value is -0.750. The van der Waals surface area contributed by atoms with E-state index in [0.717, 1.165) is 6.42 Å². The monoisotopic (exact) mass is 282 g/mol. The Balaban J connectivity index is 0.000000357. The molecule has 1 heterocycles. The van der Waals surface area contributed by atoms with Gasteiger partial charge in [-0.2, -0.15) is 0 Å². The highest BCUT2D eigenvalue weighted by Crippen LogP contribution is 2.17. The molecule has 0 radical (unpaired) electrons. The molecule has 0 bridgehead atoms. The van der Waals surface area contributed by atoms with Gasteiger partial charge in [-0.1, -0.05) is 0 Å². The lowest BCUT2D eigenvalue weighted by molar-refractivity contribution is -0.114. The van der Waals surface area contributed by atoms with Crippen molar-refractivity contribution in [3.8, 4) is 0 Å². The van der Waals surface area contributed by atoms with Gasteiger partial charge in [-0.3, -0.25) is 0 Å². The number of fused-ring (bicyclic) bond motifs is 1.